The lowest BCUT2D eigenvalue weighted by atomic mass is 10.1. The van der Waals surface area contributed by atoms with E-state index in [1.54, 1.807) is 0 Å². The lowest BCUT2D eigenvalue weighted by Gasteiger charge is -2.30. The van der Waals surface area contributed by atoms with E-state index in [1.165, 1.54) is 11.8 Å². The van der Waals surface area contributed by atoms with E-state index in [0.29, 0.717) is 0 Å². The van der Waals surface area contributed by atoms with E-state index in [2.05, 4.69) is 6.58 Å². The summed E-state index contributed by atoms with van der Waals surface area (Å²) in [6.07, 6.45) is 2.24. The Bertz CT molecular complexity index is 635. The average Bonchev–Trinajstić information content (AvgIpc) is 3.06. The van der Waals surface area contributed by atoms with Gasteiger partial charge in [-0.15, -0.1) is 0 Å². The van der Waals surface area contributed by atoms with Gasteiger partial charge in [0.25, 0.3) is 0 Å². The van der Waals surface area contributed by atoms with E-state index in [9.17, 15) is 4.79 Å². The molecule has 0 aromatic heterocycles. The standard InChI is InChI=1S/C17H21N3OS/c1-12-14-8-4-5-9-15(14)18-17(19(12)3)22-13(2)16(21)20-10-6-7-11-20/h4-5,8-9,13H,1,6-7,10-11H2,2-3H3/t13-/m0/s1. The zero-order valence-electron chi connectivity index (χ0n) is 13.1. The van der Waals surface area contributed by atoms with Crippen LogP contribution in [0.3, 0.4) is 0 Å². The molecule has 0 unspecified atom stereocenters. The van der Waals surface area contributed by atoms with Crippen molar-refractivity contribution in [3.63, 3.8) is 0 Å². The average molecular weight is 315 g/mol. The van der Waals surface area contributed by atoms with Crippen LogP contribution < -0.4 is 0 Å². The quantitative estimate of drug-likeness (QED) is 0.840. The summed E-state index contributed by atoms with van der Waals surface area (Å²) < 4.78 is 0. The zero-order chi connectivity index (χ0) is 15.7. The number of carbonyl (C=O) groups excluding carboxylic acids is 1. The Hall–Kier alpha value is -1.75. The van der Waals surface area contributed by atoms with Crippen molar-refractivity contribution in [2.45, 2.75) is 25.0 Å². The molecule has 1 aromatic rings. The number of nitrogens with zero attached hydrogens (tertiary/aromatic N) is 3. The molecule has 4 nitrogen and oxygen atoms in total. The molecule has 0 N–H and O–H groups in total. The normalized spacial score (nSPS) is 19.0. The van der Waals surface area contributed by atoms with Crippen LogP contribution in [-0.4, -0.2) is 46.3 Å². The second-order valence-corrected chi connectivity index (χ2v) is 7.02. The summed E-state index contributed by atoms with van der Waals surface area (Å²) in [6, 6.07) is 7.98. The minimum Gasteiger partial charge on any atom is -0.342 e. The summed E-state index contributed by atoms with van der Waals surface area (Å²) in [5.74, 6) is 0.211. The van der Waals surface area contributed by atoms with Gasteiger partial charge < -0.3 is 9.80 Å². The molecule has 0 bridgehead atoms. The summed E-state index contributed by atoms with van der Waals surface area (Å²) in [7, 11) is 1.96. The molecule has 0 aliphatic carbocycles. The predicted octanol–water partition coefficient (Wildman–Crippen LogP) is 3.33. The van der Waals surface area contributed by atoms with Gasteiger partial charge in [-0.3, -0.25) is 4.79 Å². The molecule has 1 fully saturated rings. The Morgan fingerprint density at radius 3 is 2.73 bits per heavy atom. The molecule has 2 heterocycles. The van der Waals surface area contributed by atoms with Crippen molar-refractivity contribution in [1.29, 1.82) is 0 Å². The Balaban J connectivity index is 1.78. The number of para-hydroxylation sites is 1. The van der Waals surface area contributed by atoms with Gasteiger partial charge >= 0.3 is 0 Å². The van der Waals surface area contributed by atoms with Crippen molar-refractivity contribution in [3.8, 4) is 0 Å². The van der Waals surface area contributed by atoms with Crippen molar-refractivity contribution in [2.24, 2.45) is 4.99 Å². The summed E-state index contributed by atoms with van der Waals surface area (Å²) in [5.41, 5.74) is 2.90. The highest BCUT2D eigenvalue weighted by molar-refractivity contribution is 8.14. The highest BCUT2D eigenvalue weighted by Gasteiger charge is 2.28. The minimum atomic E-state index is -0.127. The number of hydrogen-bond donors (Lipinski definition) is 0. The molecule has 2 aliphatic heterocycles. The molecule has 5 heteroatoms. The number of benzene rings is 1. The van der Waals surface area contributed by atoms with Crippen molar-refractivity contribution < 1.29 is 4.79 Å². The Morgan fingerprint density at radius 2 is 2.00 bits per heavy atom. The number of rotatable bonds is 2. The number of carbonyl (C=O) groups is 1. The van der Waals surface area contributed by atoms with Gasteiger partial charge in [-0.1, -0.05) is 36.5 Å². The first-order chi connectivity index (χ1) is 10.6. The van der Waals surface area contributed by atoms with E-state index in [1.807, 2.05) is 48.0 Å². The molecular weight excluding hydrogens is 294 g/mol. The van der Waals surface area contributed by atoms with Crippen LogP contribution in [0.2, 0.25) is 0 Å². The third-order valence-corrected chi connectivity index (χ3v) is 5.30. The van der Waals surface area contributed by atoms with E-state index in [0.717, 1.165) is 48.0 Å². The Kier molecular flexibility index (Phi) is 4.25. The molecule has 1 amide bonds. The summed E-state index contributed by atoms with van der Waals surface area (Å²) in [4.78, 5) is 21.1. The topological polar surface area (TPSA) is 35.9 Å². The first-order valence-electron chi connectivity index (χ1n) is 7.64. The van der Waals surface area contributed by atoms with Gasteiger partial charge in [-0.05, 0) is 25.8 Å². The highest BCUT2D eigenvalue weighted by Crippen LogP contribution is 2.35. The highest BCUT2D eigenvalue weighted by atomic mass is 32.2. The monoisotopic (exact) mass is 315 g/mol. The zero-order valence-corrected chi connectivity index (χ0v) is 13.9. The second-order valence-electron chi connectivity index (χ2n) is 5.71. The SMILES string of the molecule is C=C1c2ccccc2N=C(S[C@@H](C)C(=O)N2CCCC2)N1C. The number of thioether (sulfide) groups is 1. The van der Waals surface area contributed by atoms with E-state index >= 15 is 0 Å². The van der Waals surface area contributed by atoms with Gasteiger partial charge in [0.1, 0.15) is 0 Å². The van der Waals surface area contributed by atoms with E-state index in [4.69, 9.17) is 4.99 Å². The van der Waals surface area contributed by atoms with Crippen LogP contribution in [0.1, 0.15) is 25.3 Å². The number of amides is 1. The van der Waals surface area contributed by atoms with Crippen molar-refractivity contribution in [1.82, 2.24) is 9.80 Å². The maximum atomic E-state index is 12.5. The maximum Gasteiger partial charge on any atom is 0.235 e. The first-order valence-corrected chi connectivity index (χ1v) is 8.52. The van der Waals surface area contributed by atoms with Crippen LogP contribution in [-0.2, 0) is 4.79 Å². The smallest absolute Gasteiger partial charge is 0.235 e. The Labute approximate surface area is 135 Å². The van der Waals surface area contributed by atoms with Crippen molar-refractivity contribution in [2.75, 3.05) is 20.1 Å². The van der Waals surface area contributed by atoms with Crippen LogP contribution in [0.15, 0.2) is 35.8 Å². The third-order valence-electron chi connectivity index (χ3n) is 4.17. The van der Waals surface area contributed by atoms with E-state index < -0.39 is 0 Å². The minimum absolute atomic E-state index is 0.127. The predicted molar refractivity (Wildman–Crippen MR) is 93.2 cm³/mol. The first kappa shape index (κ1) is 15.2. The Morgan fingerprint density at radius 1 is 1.32 bits per heavy atom. The number of fused-ring (bicyclic) bond motifs is 1. The molecule has 2 aliphatic rings. The molecule has 0 spiro atoms. The van der Waals surface area contributed by atoms with Crippen LogP contribution in [0.5, 0.6) is 0 Å². The van der Waals surface area contributed by atoms with Crippen molar-refractivity contribution >= 4 is 34.2 Å². The molecule has 0 saturated carbocycles. The largest absolute Gasteiger partial charge is 0.342 e. The molecule has 1 saturated heterocycles. The molecule has 0 radical (unpaired) electrons. The summed E-state index contributed by atoms with van der Waals surface area (Å²) in [5, 5.41) is 0.709. The van der Waals surface area contributed by atoms with Gasteiger partial charge in [0.05, 0.1) is 10.9 Å². The van der Waals surface area contributed by atoms with Gasteiger partial charge in [-0.25, -0.2) is 4.99 Å². The van der Waals surface area contributed by atoms with Crippen LogP contribution in [0.25, 0.3) is 5.70 Å². The second kappa shape index (κ2) is 6.16. The van der Waals surface area contributed by atoms with Gasteiger partial charge in [0, 0.05) is 31.4 Å². The van der Waals surface area contributed by atoms with Gasteiger partial charge in [0.15, 0.2) is 5.17 Å². The lowest BCUT2D eigenvalue weighted by molar-refractivity contribution is -0.129. The molecular formula is C17H21N3OS. The number of amidine groups is 1. The van der Waals surface area contributed by atoms with Gasteiger partial charge in [-0.2, -0.15) is 0 Å². The molecule has 1 aromatic carbocycles. The summed E-state index contributed by atoms with van der Waals surface area (Å²) >= 11 is 1.51. The van der Waals surface area contributed by atoms with E-state index in [-0.39, 0.29) is 11.2 Å². The maximum absolute atomic E-state index is 12.5. The van der Waals surface area contributed by atoms with Crippen LogP contribution in [0.4, 0.5) is 5.69 Å². The number of aliphatic imine (C=N–C) groups is 1. The molecule has 116 valence electrons. The lowest BCUT2D eigenvalue weighted by Crippen LogP contribution is -2.36. The number of hydrogen-bond acceptors (Lipinski definition) is 4. The fourth-order valence-electron chi connectivity index (χ4n) is 2.80. The fourth-order valence-corrected chi connectivity index (χ4v) is 3.78. The number of likely N-dealkylation sites (tertiary alicyclic amines) is 1. The fraction of sp³-hybridized carbons (Fsp3) is 0.412. The van der Waals surface area contributed by atoms with Gasteiger partial charge in [0.2, 0.25) is 5.91 Å². The molecule has 3 rings (SSSR count). The summed E-state index contributed by atoms with van der Waals surface area (Å²) in [6.45, 7) is 7.90. The van der Waals surface area contributed by atoms with Crippen LogP contribution >= 0.6 is 11.8 Å². The molecule has 22 heavy (non-hydrogen) atoms. The third kappa shape index (κ3) is 2.77. The van der Waals surface area contributed by atoms with Crippen LogP contribution in [0, 0.1) is 0 Å². The van der Waals surface area contributed by atoms with Crippen molar-refractivity contribution in [3.05, 3.63) is 36.4 Å². The molecule has 1 atom stereocenters.